The predicted octanol–water partition coefficient (Wildman–Crippen LogP) is 1.77. The first-order valence-electron chi connectivity index (χ1n) is 5.80. The van der Waals surface area contributed by atoms with Crippen molar-refractivity contribution in [2.75, 3.05) is 6.61 Å². The van der Waals surface area contributed by atoms with Crippen molar-refractivity contribution in [3.05, 3.63) is 35.4 Å². The molecule has 1 atom stereocenters. The molecular weight excluding hydrogens is 216 g/mol. The molecule has 0 amide bonds. The number of hydrogen-bond donors (Lipinski definition) is 2. The van der Waals surface area contributed by atoms with Gasteiger partial charge in [-0.1, -0.05) is 18.2 Å². The van der Waals surface area contributed by atoms with Gasteiger partial charge in [-0.15, -0.1) is 0 Å². The highest BCUT2D eigenvalue weighted by Gasteiger charge is 2.34. The minimum Gasteiger partial charge on any atom is -0.487 e. The van der Waals surface area contributed by atoms with Gasteiger partial charge in [0.25, 0.3) is 0 Å². The van der Waals surface area contributed by atoms with E-state index < -0.39 is 5.60 Å². The van der Waals surface area contributed by atoms with Crippen LogP contribution in [0.5, 0.6) is 5.75 Å². The van der Waals surface area contributed by atoms with Crippen LogP contribution in [0.2, 0.25) is 0 Å². The van der Waals surface area contributed by atoms with Gasteiger partial charge in [0.1, 0.15) is 11.9 Å². The van der Waals surface area contributed by atoms with E-state index in [0.717, 1.165) is 23.3 Å². The molecule has 0 bridgehead atoms. The summed E-state index contributed by atoms with van der Waals surface area (Å²) in [6.45, 7) is 3.56. The molecule has 2 N–H and O–H groups in total. The molecule has 0 unspecified atom stereocenters. The molecule has 0 aliphatic carbocycles. The third kappa shape index (κ3) is 2.68. The van der Waals surface area contributed by atoms with E-state index in [-0.39, 0.29) is 12.7 Å². The summed E-state index contributed by atoms with van der Waals surface area (Å²) in [5, 5.41) is 18.7. The summed E-state index contributed by atoms with van der Waals surface area (Å²) in [5.41, 5.74) is 1.31. The van der Waals surface area contributed by atoms with Gasteiger partial charge in [0.05, 0.1) is 12.2 Å². The van der Waals surface area contributed by atoms with Crippen LogP contribution in [0.25, 0.3) is 6.08 Å². The standard InChI is InChI=1S/C14H18O3/c1-14(2,16)13-9-11-8-10(4-3-7-15)5-6-12(11)17-13/h3-6,8,13,15-16H,7,9H2,1-2H3/t13-/m0/s1. The van der Waals surface area contributed by atoms with Crippen LogP contribution in [0.4, 0.5) is 0 Å². The summed E-state index contributed by atoms with van der Waals surface area (Å²) in [6, 6.07) is 5.89. The molecule has 1 aliphatic rings. The highest BCUT2D eigenvalue weighted by atomic mass is 16.5. The van der Waals surface area contributed by atoms with E-state index in [1.165, 1.54) is 0 Å². The molecule has 1 aromatic rings. The zero-order valence-electron chi connectivity index (χ0n) is 10.2. The number of benzene rings is 1. The third-order valence-corrected chi connectivity index (χ3v) is 2.96. The molecule has 0 spiro atoms. The maximum Gasteiger partial charge on any atom is 0.131 e. The van der Waals surface area contributed by atoms with Crippen molar-refractivity contribution in [2.45, 2.75) is 32.0 Å². The highest BCUT2D eigenvalue weighted by molar-refractivity contribution is 5.54. The molecule has 3 heteroatoms. The van der Waals surface area contributed by atoms with Gasteiger partial charge in [0.2, 0.25) is 0 Å². The van der Waals surface area contributed by atoms with E-state index in [1.54, 1.807) is 19.9 Å². The average molecular weight is 234 g/mol. The van der Waals surface area contributed by atoms with E-state index in [0.29, 0.717) is 0 Å². The van der Waals surface area contributed by atoms with E-state index in [1.807, 2.05) is 24.3 Å². The fourth-order valence-corrected chi connectivity index (χ4v) is 1.95. The van der Waals surface area contributed by atoms with Gasteiger partial charge in [-0.2, -0.15) is 0 Å². The largest absolute Gasteiger partial charge is 0.487 e. The van der Waals surface area contributed by atoms with Crippen LogP contribution in [0.3, 0.4) is 0 Å². The molecule has 1 aromatic carbocycles. The summed E-state index contributed by atoms with van der Waals surface area (Å²) in [7, 11) is 0. The van der Waals surface area contributed by atoms with Crippen LogP contribution < -0.4 is 4.74 Å². The Morgan fingerprint density at radius 2 is 2.24 bits per heavy atom. The number of aliphatic hydroxyl groups is 2. The Hall–Kier alpha value is -1.32. The molecule has 0 saturated carbocycles. The van der Waals surface area contributed by atoms with Gasteiger partial charge in [0, 0.05) is 6.42 Å². The number of ether oxygens (including phenoxy) is 1. The highest BCUT2D eigenvalue weighted by Crippen LogP contribution is 2.33. The van der Waals surface area contributed by atoms with Gasteiger partial charge in [0.15, 0.2) is 0 Å². The lowest BCUT2D eigenvalue weighted by atomic mass is 9.96. The molecule has 0 fully saturated rings. The van der Waals surface area contributed by atoms with Crippen LogP contribution in [-0.4, -0.2) is 28.5 Å². The van der Waals surface area contributed by atoms with Crippen molar-refractivity contribution in [1.29, 1.82) is 0 Å². The van der Waals surface area contributed by atoms with Crippen molar-refractivity contribution < 1.29 is 14.9 Å². The lowest BCUT2D eigenvalue weighted by Gasteiger charge is -2.24. The van der Waals surface area contributed by atoms with Gasteiger partial charge < -0.3 is 14.9 Å². The normalized spacial score (nSPS) is 19.4. The molecule has 2 rings (SSSR count). The van der Waals surface area contributed by atoms with Gasteiger partial charge >= 0.3 is 0 Å². The molecule has 0 aromatic heterocycles. The Kier molecular flexibility index (Phi) is 3.22. The SMILES string of the molecule is CC(C)(O)[C@@H]1Cc2cc(C=CCO)ccc2O1. The fraction of sp³-hybridized carbons (Fsp3) is 0.429. The molecule has 1 aliphatic heterocycles. The lowest BCUT2D eigenvalue weighted by Crippen LogP contribution is -2.39. The zero-order valence-corrected chi connectivity index (χ0v) is 10.2. The smallest absolute Gasteiger partial charge is 0.131 e. The van der Waals surface area contributed by atoms with Crippen LogP contribution in [0.15, 0.2) is 24.3 Å². The van der Waals surface area contributed by atoms with Crippen LogP contribution in [-0.2, 0) is 6.42 Å². The molecule has 0 radical (unpaired) electrons. The van der Waals surface area contributed by atoms with Crippen molar-refractivity contribution >= 4 is 6.08 Å². The second-order valence-electron chi connectivity index (χ2n) is 4.92. The maximum absolute atomic E-state index is 9.93. The Balaban J connectivity index is 2.19. The first-order valence-corrected chi connectivity index (χ1v) is 5.80. The van der Waals surface area contributed by atoms with Crippen LogP contribution in [0.1, 0.15) is 25.0 Å². The third-order valence-electron chi connectivity index (χ3n) is 2.96. The Labute approximate surface area is 101 Å². The summed E-state index contributed by atoms with van der Waals surface area (Å²) >= 11 is 0. The monoisotopic (exact) mass is 234 g/mol. The predicted molar refractivity (Wildman–Crippen MR) is 67.0 cm³/mol. The molecule has 0 saturated heterocycles. The van der Waals surface area contributed by atoms with Gasteiger partial charge in [-0.05, 0) is 37.1 Å². The topological polar surface area (TPSA) is 49.7 Å². The first kappa shape index (κ1) is 12.1. The van der Waals surface area contributed by atoms with Crippen molar-refractivity contribution in [2.24, 2.45) is 0 Å². The number of hydrogen-bond acceptors (Lipinski definition) is 3. The van der Waals surface area contributed by atoms with Crippen molar-refractivity contribution in [1.82, 2.24) is 0 Å². The molecule has 92 valence electrons. The van der Waals surface area contributed by atoms with Crippen molar-refractivity contribution in [3.63, 3.8) is 0 Å². The molecular formula is C14H18O3. The number of rotatable bonds is 3. The summed E-state index contributed by atoms with van der Waals surface area (Å²) in [4.78, 5) is 0. The molecule has 3 nitrogen and oxygen atoms in total. The minimum atomic E-state index is -0.833. The first-order chi connectivity index (χ1) is 8.00. The van der Waals surface area contributed by atoms with Gasteiger partial charge in [-0.3, -0.25) is 0 Å². The number of fused-ring (bicyclic) bond motifs is 1. The Morgan fingerprint density at radius 3 is 2.88 bits per heavy atom. The van der Waals surface area contributed by atoms with Gasteiger partial charge in [-0.25, -0.2) is 0 Å². The summed E-state index contributed by atoms with van der Waals surface area (Å²) < 4.78 is 5.71. The average Bonchev–Trinajstić information content (AvgIpc) is 2.68. The molecule has 17 heavy (non-hydrogen) atoms. The number of aliphatic hydroxyl groups excluding tert-OH is 1. The maximum atomic E-state index is 9.93. The second-order valence-corrected chi connectivity index (χ2v) is 4.92. The van der Waals surface area contributed by atoms with E-state index in [4.69, 9.17) is 9.84 Å². The Morgan fingerprint density at radius 1 is 1.47 bits per heavy atom. The quantitative estimate of drug-likeness (QED) is 0.838. The van der Waals surface area contributed by atoms with Crippen LogP contribution in [0, 0.1) is 0 Å². The van der Waals surface area contributed by atoms with Crippen molar-refractivity contribution in [3.8, 4) is 5.75 Å². The zero-order chi connectivity index (χ0) is 12.5. The lowest BCUT2D eigenvalue weighted by molar-refractivity contribution is -0.0229. The minimum absolute atomic E-state index is 0.0415. The van der Waals surface area contributed by atoms with E-state index in [2.05, 4.69) is 0 Å². The molecule has 1 heterocycles. The van der Waals surface area contributed by atoms with E-state index in [9.17, 15) is 5.11 Å². The fourth-order valence-electron chi connectivity index (χ4n) is 1.95. The summed E-state index contributed by atoms with van der Waals surface area (Å²) in [5.74, 6) is 0.846. The van der Waals surface area contributed by atoms with Crippen LogP contribution >= 0.6 is 0 Å². The Bertz CT molecular complexity index is 430. The van der Waals surface area contributed by atoms with E-state index >= 15 is 0 Å². The summed E-state index contributed by atoms with van der Waals surface area (Å²) in [6.07, 6.45) is 4.11. The second kappa shape index (κ2) is 4.51.